The predicted molar refractivity (Wildman–Crippen MR) is 101 cm³/mol. The molecule has 0 fully saturated rings. The van der Waals surface area contributed by atoms with Gasteiger partial charge in [0.1, 0.15) is 12.4 Å². The third-order valence-electron chi connectivity index (χ3n) is 3.19. The molecule has 2 aromatic rings. The van der Waals surface area contributed by atoms with Gasteiger partial charge >= 0.3 is 0 Å². The van der Waals surface area contributed by atoms with Crippen LogP contribution in [0.1, 0.15) is 19.3 Å². The number of halogens is 1. The maximum absolute atomic E-state index is 12.5. The van der Waals surface area contributed by atoms with E-state index in [0.29, 0.717) is 39.4 Å². The first kappa shape index (κ1) is 20.2. The first-order valence-corrected chi connectivity index (χ1v) is 8.96. The maximum atomic E-state index is 12.5. The van der Waals surface area contributed by atoms with Gasteiger partial charge in [-0.25, -0.2) is 0 Å². The van der Waals surface area contributed by atoms with Crippen LogP contribution in [0.2, 0.25) is 5.02 Å². The van der Waals surface area contributed by atoms with Crippen LogP contribution in [0.25, 0.3) is 0 Å². The van der Waals surface area contributed by atoms with Gasteiger partial charge in [0, 0.05) is 18.7 Å². The summed E-state index contributed by atoms with van der Waals surface area (Å²) >= 11 is 7.05. The van der Waals surface area contributed by atoms with Crippen molar-refractivity contribution >= 4 is 40.4 Å². The lowest BCUT2D eigenvalue weighted by atomic mass is 10.3. The summed E-state index contributed by atoms with van der Waals surface area (Å²) in [6.45, 7) is 0.746. The normalized spacial score (nSPS) is 10.4. The monoisotopic (exact) mass is 398 g/mol. The van der Waals surface area contributed by atoms with Gasteiger partial charge in [-0.2, -0.15) is 0 Å². The second-order valence-corrected chi connectivity index (χ2v) is 6.60. The lowest BCUT2D eigenvalue weighted by Gasteiger charge is -2.12. The molecule has 0 aliphatic carbocycles. The minimum atomic E-state index is -0.380. The van der Waals surface area contributed by atoms with Crippen molar-refractivity contribution in [1.29, 1.82) is 0 Å². The molecule has 0 atom stereocenters. The number of ether oxygens (including phenoxy) is 2. The molecule has 1 aromatic heterocycles. The molecule has 1 aromatic carbocycles. The number of hydrogen-bond donors (Lipinski definition) is 3. The number of aliphatic hydroxyl groups excluding tert-OH is 1. The molecule has 3 N–H and O–H groups in total. The summed E-state index contributed by atoms with van der Waals surface area (Å²) in [5.74, 6) is -0.248. The number of carbonyl (C=O) groups excluding carboxylic acids is 2. The third-order valence-corrected chi connectivity index (χ3v) is 4.50. The van der Waals surface area contributed by atoms with E-state index in [1.807, 2.05) is 0 Å². The highest BCUT2D eigenvalue weighted by atomic mass is 35.5. The number of carbonyl (C=O) groups is 2. The van der Waals surface area contributed by atoms with Gasteiger partial charge in [-0.1, -0.05) is 11.6 Å². The number of rotatable bonds is 9. The molecule has 0 saturated heterocycles. The first-order valence-electron chi connectivity index (χ1n) is 7.76. The molecule has 2 amide bonds. The van der Waals surface area contributed by atoms with Crippen LogP contribution in [0.5, 0.6) is 5.75 Å². The van der Waals surface area contributed by atoms with E-state index in [0.717, 1.165) is 11.3 Å². The molecule has 0 aliphatic rings. The largest absolute Gasteiger partial charge is 0.489 e. The Morgan fingerprint density at radius 3 is 2.58 bits per heavy atom. The van der Waals surface area contributed by atoms with Crippen molar-refractivity contribution in [2.24, 2.45) is 0 Å². The minimum Gasteiger partial charge on any atom is -0.489 e. The zero-order chi connectivity index (χ0) is 18.9. The van der Waals surface area contributed by atoms with Crippen LogP contribution in [-0.2, 0) is 4.74 Å². The van der Waals surface area contributed by atoms with Gasteiger partial charge in [-0.3, -0.25) is 9.59 Å². The highest BCUT2D eigenvalue weighted by Gasteiger charge is 2.15. The van der Waals surface area contributed by atoms with Crippen molar-refractivity contribution < 1.29 is 24.2 Å². The van der Waals surface area contributed by atoms with Crippen molar-refractivity contribution in [2.75, 3.05) is 38.8 Å². The first-order chi connectivity index (χ1) is 12.5. The van der Waals surface area contributed by atoms with E-state index in [2.05, 4.69) is 10.6 Å². The van der Waals surface area contributed by atoms with Gasteiger partial charge in [0.15, 0.2) is 0 Å². The van der Waals surface area contributed by atoms with Gasteiger partial charge in [-0.05, 0) is 30.3 Å². The third kappa shape index (κ3) is 5.70. The summed E-state index contributed by atoms with van der Waals surface area (Å²) in [6.07, 6.45) is 0. The second kappa shape index (κ2) is 10.1. The quantitative estimate of drug-likeness (QED) is 0.563. The second-order valence-electron chi connectivity index (χ2n) is 5.08. The molecule has 0 aliphatic heterocycles. The number of hydrogen-bond acceptors (Lipinski definition) is 6. The summed E-state index contributed by atoms with van der Waals surface area (Å²) in [4.78, 5) is 25.1. The van der Waals surface area contributed by atoms with Gasteiger partial charge in [0.25, 0.3) is 11.8 Å². The molecular formula is C17H19ClN2O5S. The Kier molecular flexibility index (Phi) is 7.86. The zero-order valence-corrected chi connectivity index (χ0v) is 15.7. The molecule has 0 spiro atoms. The van der Waals surface area contributed by atoms with Crippen molar-refractivity contribution in [2.45, 2.75) is 0 Å². The highest BCUT2D eigenvalue weighted by molar-refractivity contribution is 7.16. The standard InChI is InChI=1S/C17H19ClN2O5S/c1-24-8-9-25-13-3-2-11(18)10-12(13)20-17(23)15-5-4-14(26-15)16(22)19-6-7-21/h2-5,10,21H,6-9H2,1H3,(H,19,22)(H,20,23). The summed E-state index contributed by atoms with van der Waals surface area (Å²) in [5, 5.41) is 14.5. The van der Waals surface area contributed by atoms with E-state index in [-0.39, 0.29) is 25.0 Å². The molecule has 1 heterocycles. The van der Waals surface area contributed by atoms with E-state index in [1.54, 1.807) is 37.4 Å². The number of nitrogens with one attached hydrogen (secondary N) is 2. The lowest BCUT2D eigenvalue weighted by molar-refractivity contribution is 0.0948. The molecule has 2 rings (SSSR count). The number of anilines is 1. The maximum Gasteiger partial charge on any atom is 0.265 e. The Morgan fingerprint density at radius 1 is 1.15 bits per heavy atom. The lowest BCUT2D eigenvalue weighted by Crippen LogP contribution is -2.25. The average molecular weight is 399 g/mol. The van der Waals surface area contributed by atoms with Crippen LogP contribution in [0, 0.1) is 0 Å². The fraction of sp³-hybridized carbons (Fsp3) is 0.294. The van der Waals surface area contributed by atoms with Crippen molar-refractivity contribution in [3.8, 4) is 5.75 Å². The molecule has 0 saturated carbocycles. The Hall–Kier alpha value is -2.13. The number of aliphatic hydroxyl groups is 1. The molecular weight excluding hydrogens is 380 g/mol. The predicted octanol–water partition coefficient (Wildman–Crippen LogP) is 2.40. The van der Waals surface area contributed by atoms with Gasteiger partial charge in [-0.15, -0.1) is 11.3 Å². The molecule has 140 valence electrons. The van der Waals surface area contributed by atoms with Crippen molar-refractivity contribution in [1.82, 2.24) is 5.32 Å². The van der Waals surface area contributed by atoms with E-state index in [1.165, 1.54) is 0 Å². The summed E-state index contributed by atoms with van der Waals surface area (Å²) < 4.78 is 10.5. The Labute approximate surface area is 159 Å². The number of amides is 2. The van der Waals surface area contributed by atoms with Crippen molar-refractivity contribution in [3.05, 3.63) is 45.1 Å². The zero-order valence-electron chi connectivity index (χ0n) is 14.1. The molecule has 7 nitrogen and oxygen atoms in total. The van der Waals surface area contributed by atoms with Crippen LogP contribution in [0.4, 0.5) is 5.69 Å². The van der Waals surface area contributed by atoms with Crippen LogP contribution in [0.15, 0.2) is 30.3 Å². The van der Waals surface area contributed by atoms with Gasteiger partial charge in [0.05, 0.1) is 28.7 Å². The van der Waals surface area contributed by atoms with E-state index < -0.39 is 0 Å². The SMILES string of the molecule is COCCOc1ccc(Cl)cc1NC(=O)c1ccc(C(=O)NCCO)s1. The van der Waals surface area contributed by atoms with E-state index in [4.69, 9.17) is 26.2 Å². The molecule has 0 unspecified atom stereocenters. The van der Waals surface area contributed by atoms with E-state index in [9.17, 15) is 9.59 Å². The summed E-state index contributed by atoms with van der Waals surface area (Å²) in [5.41, 5.74) is 0.429. The fourth-order valence-corrected chi connectivity index (χ4v) is 2.97. The molecule has 0 radical (unpaired) electrons. The van der Waals surface area contributed by atoms with Crippen LogP contribution >= 0.6 is 22.9 Å². The van der Waals surface area contributed by atoms with Crippen LogP contribution in [0.3, 0.4) is 0 Å². The summed E-state index contributed by atoms with van der Waals surface area (Å²) in [7, 11) is 1.57. The molecule has 9 heteroatoms. The molecule has 0 bridgehead atoms. The van der Waals surface area contributed by atoms with Gasteiger partial charge < -0.3 is 25.2 Å². The summed E-state index contributed by atoms with van der Waals surface area (Å²) in [6, 6.07) is 8.03. The minimum absolute atomic E-state index is 0.148. The number of benzene rings is 1. The molecule has 26 heavy (non-hydrogen) atoms. The number of thiophene rings is 1. The highest BCUT2D eigenvalue weighted by Crippen LogP contribution is 2.29. The Morgan fingerprint density at radius 2 is 1.88 bits per heavy atom. The van der Waals surface area contributed by atoms with E-state index >= 15 is 0 Å². The Balaban J connectivity index is 2.08. The van der Waals surface area contributed by atoms with Gasteiger partial charge in [0.2, 0.25) is 0 Å². The van der Waals surface area contributed by atoms with Crippen molar-refractivity contribution in [3.63, 3.8) is 0 Å². The smallest absolute Gasteiger partial charge is 0.265 e. The number of methoxy groups -OCH3 is 1. The average Bonchev–Trinajstić information content (AvgIpc) is 3.12. The Bertz CT molecular complexity index is 765. The fourth-order valence-electron chi connectivity index (χ4n) is 1.98. The van der Waals surface area contributed by atoms with Crippen LogP contribution < -0.4 is 15.4 Å². The topological polar surface area (TPSA) is 96.9 Å². The van der Waals surface area contributed by atoms with Crippen LogP contribution in [-0.4, -0.2) is 50.4 Å².